The van der Waals surface area contributed by atoms with Crippen LogP contribution in [0.1, 0.15) is 47.6 Å². The van der Waals surface area contributed by atoms with Gasteiger partial charge in [0.2, 0.25) is 5.91 Å². The molecule has 0 fully saturated rings. The number of halogens is 1. The Hall–Kier alpha value is -5.12. The first kappa shape index (κ1) is 26.1. The summed E-state index contributed by atoms with van der Waals surface area (Å²) in [6.07, 6.45) is 0. The van der Waals surface area contributed by atoms with E-state index >= 15 is 0 Å². The largest absolute Gasteiger partial charge is 0.481 e. The van der Waals surface area contributed by atoms with Gasteiger partial charge in [0.05, 0.1) is 23.5 Å². The molecule has 41 heavy (non-hydrogen) atoms. The number of aliphatic carboxylic acids is 1. The van der Waals surface area contributed by atoms with Crippen molar-refractivity contribution >= 4 is 34.4 Å². The molecular formula is C31H27FN6O3. The second-order valence-corrected chi connectivity index (χ2v) is 10.5. The van der Waals surface area contributed by atoms with Crippen molar-refractivity contribution in [2.75, 3.05) is 11.1 Å². The zero-order chi connectivity index (χ0) is 29.1. The van der Waals surface area contributed by atoms with Gasteiger partial charge in [-0.2, -0.15) is 5.10 Å². The molecule has 3 heterocycles. The van der Waals surface area contributed by atoms with Crippen LogP contribution < -0.4 is 11.1 Å². The summed E-state index contributed by atoms with van der Waals surface area (Å²) in [5.41, 5.74) is 9.78. The minimum atomic E-state index is -1.19. The predicted octanol–water partition coefficient (Wildman–Crippen LogP) is 5.02. The third-order valence-electron chi connectivity index (χ3n) is 7.88. The third-order valence-corrected chi connectivity index (χ3v) is 7.88. The Morgan fingerprint density at radius 1 is 1.12 bits per heavy atom. The number of carbonyl (C=O) groups is 2. The lowest BCUT2D eigenvalue weighted by atomic mass is 9.77. The molecule has 10 heteroatoms. The van der Waals surface area contributed by atoms with E-state index in [-0.39, 0.29) is 35.7 Å². The van der Waals surface area contributed by atoms with E-state index in [4.69, 9.17) is 10.8 Å². The second kappa shape index (κ2) is 9.51. The average molecular weight is 551 g/mol. The van der Waals surface area contributed by atoms with Crippen molar-refractivity contribution in [2.24, 2.45) is 0 Å². The summed E-state index contributed by atoms with van der Waals surface area (Å²) in [4.78, 5) is 34.1. The molecule has 0 bridgehead atoms. The van der Waals surface area contributed by atoms with Crippen molar-refractivity contribution in [1.29, 1.82) is 0 Å². The van der Waals surface area contributed by atoms with E-state index < -0.39 is 17.3 Å². The molecule has 0 spiro atoms. The van der Waals surface area contributed by atoms with Gasteiger partial charge in [0, 0.05) is 10.9 Å². The Balaban J connectivity index is 1.44. The van der Waals surface area contributed by atoms with Gasteiger partial charge in [-0.05, 0) is 49.6 Å². The minimum absolute atomic E-state index is 0.123. The lowest BCUT2D eigenvalue weighted by Gasteiger charge is -2.24. The Bertz CT molecular complexity index is 1870. The van der Waals surface area contributed by atoms with Gasteiger partial charge < -0.3 is 16.2 Å². The number of rotatable bonds is 6. The zero-order valence-corrected chi connectivity index (χ0v) is 22.6. The Morgan fingerprint density at radius 2 is 1.85 bits per heavy atom. The first-order valence-corrected chi connectivity index (χ1v) is 13.1. The van der Waals surface area contributed by atoms with E-state index in [1.54, 1.807) is 61.0 Å². The lowest BCUT2D eigenvalue weighted by Crippen LogP contribution is -2.33. The summed E-state index contributed by atoms with van der Waals surface area (Å²) in [6.45, 7) is 5.52. The molecule has 0 saturated carbocycles. The van der Waals surface area contributed by atoms with Gasteiger partial charge in [-0.15, -0.1) is 0 Å². The number of aryl methyl sites for hydroxylation is 1. The quantitative estimate of drug-likeness (QED) is 0.270. The summed E-state index contributed by atoms with van der Waals surface area (Å²) in [5, 5.41) is 17.7. The van der Waals surface area contributed by atoms with Gasteiger partial charge in [0.25, 0.3) is 0 Å². The van der Waals surface area contributed by atoms with Gasteiger partial charge >= 0.3 is 5.97 Å². The van der Waals surface area contributed by atoms with Gasteiger partial charge in [-0.25, -0.2) is 14.4 Å². The smallest absolute Gasteiger partial charge is 0.310 e. The van der Waals surface area contributed by atoms with Crippen LogP contribution in [-0.2, 0) is 21.5 Å². The molecule has 2 atom stereocenters. The molecule has 9 nitrogen and oxygen atoms in total. The van der Waals surface area contributed by atoms with Crippen LogP contribution in [0.3, 0.4) is 0 Å². The fourth-order valence-electron chi connectivity index (χ4n) is 5.39. The minimum Gasteiger partial charge on any atom is -0.481 e. The van der Waals surface area contributed by atoms with E-state index in [1.807, 2.05) is 25.1 Å². The number of carbonyl (C=O) groups excluding carboxylic acids is 1. The van der Waals surface area contributed by atoms with Crippen LogP contribution in [0.15, 0.2) is 66.7 Å². The summed E-state index contributed by atoms with van der Waals surface area (Å²) < 4.78 is 16.2. The molecular weight excluding hydrogens is 523 g/mol. The fourth-order valence-corrected chi connectivity index (χ4v) is 5.39. The van der Waals surface area contributed by atoms with Gasteiger partial charge in [-0.1, -0.05) is 54.6 Å². The highest BCUT2D eigenvalue weighted by Crippen LogP contribution is 2.45. The predicted molar refractivity (Wildman–Crippen MR) is 153 cm³/mol. The van der Waals surface area contributed by atoms with Crippen LogP contribution in [0, 0.1) is 12.7 Å². The highest BCUT2D eigenvalue weighted by molar-refractivity contribution is 6.09. The molecule has 1 aliphatic rings. The molecule has 206 valence electrons. The number of fused-ring (bicyclic) bond motifs is 2. The van der Waals surface area contributed by atoms with Crippen molar-refractivity contribution in [3.8, 4) is 11.5 Å². The monoisotopic (exact) mass is 550 g/mol. The molecule has 1 amide bonds. The zero-order valence-electron chi connectivity index (χ0n) is 22.6. The van der Waals surface area contributed by atoms with Crippen LogP contribution in [0.2, 0.25) is 0 Å². The highest BCUT2D eigenvalue weighted by Gasteiger charge is 2.47. The SMILES string of the molecule is Cc1ccc2c(-c3nc(N)c4c(n3)NC(=O)C4(C)c3ccc(C(C)C(=O)O)cc3)nn(Cc3ccccc3F)c2c1. The van der Waals surface area contributed by atoms with E-state index in [1.165, 1.54) is 6.07 Å². The van der Waals surface area contributed by atoms with Crippen LogP contribution in [0.5, 0.6) is 0 Å². The number of hydrogen-bond acceptors (Lipinski definition) is 6. The number of carboxylic acid groups (broad SMARTS) is 1. The molecule has 2 aromatic heterocycles. The number of carboxylic acids is 1. The van der Waals surface area contributed by atoms with E-state index in [9.17, 15) is 19.1 Å². The molecule has 4 N–H and O–H groups in total. The van der Waals surface area contributed by atoms with E-state index in [0.29, 0.717) is 27.9 Å². The number of nitrogens with two attached hydrogens (primary N) is 1. The molecule has 3 aromatic carbocycles. The molecule has 0 saturated heterocycles. The normalized spacial score (nSPS) is 16.9. The van der Waals surface area contributed by atoms with E-state index in [0.717, 1.165) is 16.5 Å². The Kier molecular flexibility index (Phi) is 6.06. The highest BCUT2D eigenvalue weighted by atomic mass is 19.1. The second-order valence-electron chi connectivity index (χ2n) is 10.5. The number of amides is 1. The van der Waals surface area contributed by atoms with Gasteiger partial charge in [0.1, 0.15) is 28.6 Å². The molecule has 0 aliphatic carbocycles. The van der Waals surface area contributed by atoms with Crippen LogP contribution in [0.4, 0.5) is 16.0 Å². The molecule has 5 aromatic rings. The number of nitrogen functional groups attached to an aromatic ring is 1. The van der Waals surface area contributed by atoms with Crippen LogP contribution >= 0.6 is 0 Å². The number of nitrogens with zero attached hydrogens (tertiary/aromatic N) is 4. The fraction of sp³-hybridized carbons (Fsp3) is 0.194. The molecule has 2 unspecified atom stereocenters. The maximum absolute atomic E-state index is 14.5. The molecule has 0 radical (unpaired) electrons. The third kappa shape index (κ3) is 4.19. The number of hydrogen-bond donors (Lipinski definition) is 3. The van der Waals surface area contributed by atoms with Crippen molar-refractivity contribution in [1.82, 2.24) is 19.7 Å². The summed E-state index contributed by atoms with van der Waals surface area (Å²) in [6, 6.07) is 19.3. The van der Waals surface area contributed by atoms with Crippen molar-refractivity contribution < 1.29 is 19.1 Å². The Morgan fingerprint density at radius 3 is 2.56 bits per heavy atom. The standard InChI is InChI=1S/C31H27FN6O3/c1-16-8-13-21-23(14-16)38(15-19-6-4-5-7-22(19)32)37-25(21)28-34-26(33)24-27(35-28)36-30(41)31(24,3)20-11-9-18(10-12-20)17(2)29(39)40/h4-14,17H,15H2,1-3H3,(H,39,40)(H3,33,34,35,36,41). The van der Waals surface area contributed by atoms with Crippen molar-refractivity contribution in [2.45, 2.75) is 38.6 Å². The summed E-state index contributed by atoms with van der Waals surface area (Å²) in [7, 11) is 0. The Labute approximate surface area is 234 Å². The number of aromatic nitrogens is 4. The number of anilines is 2. The van der Waals surface area contributed by atoms with Crippen molar-refractivity contribution in [3.63, 3.8) is 0 Å². The first-order valence-electron chi connectivity index (χ1n) is 13.1. The molecule has 1 aliphatic heterocycles. The number of benzene rings is 3. The summed E-state index contributed by atoms with van der Waals surface area (Å²) >= 11 is 0. The van der Waals surface area contributed by atoms with Gasteiger partial charge in [-0.3, -0.25) is 14.3 Å². The number of nitrogens with one attached hydrogen (secondary N) is 1. The van der Waals surface area contributed by atoms with Crippen LogP contribution in [-0.4, -0.2) is 36.7 Å². The van der Waals surface area contributed by atoms with E-state index in [2.05, 4.69) is 15.3 Å². The van der Waals surface area contributed by atoms with Crippen molar-refractivity contribution in [3.05, 3.63) is 100 Å². The maximum atomic E-state index is 14.5. The van der Waals surface area contributed by atoms with Gasteiger partial charge in [0.15, 0.2) is 5.82 Å². The summed E-state index contributed by atoms with van der Waals surface area (Å²) in [5.74, 6) is -1.63. The molecule has 6 rings (SSSR count). The lowest BCUT2D eigenvalue weighted by molar-refractivity contribution is -0.138. The van der Waals surface area contributed by atoms with Crippen LogP contribution in [0.25, 0.3) is 22.4 Å². The average Bonchev–Trinajstić information content (AvgIpc) is 3.43. The first-order chi connectivity index (χ1) is 19.6. The topological polar surface area (TPSA) is 136 Å². The maximum Gasteiger partial charge on any atom is 0.310 e.